The second kappa shape index (κ2) is 5.12. The number of carboxylic acid groups (broad SMARTS) is 1. The summed E-state index contributed by atoms with van der Waals surface area (Å²) < 4.78 is 5.93. The molecule has 0 radical (unpaired) electrons. The van der Waals surface area contributed by atoms with E-state index >= 15 is 0 Å². The summed E-state index contributed by atoms with van der Waals surface area (Å²) in [5.41, 5.74) is 0.363. The Labute approximate surface area is 101 Å². The van der Waals surface area contributed by atoms with Gasteiger partial charge in [0, 0.05) is 4.47 Å². The molecule has 0 saturated heterocycles. The summed E-state index contributed by atoms with van der Waals surface area (Å²) in [7, 11) is 0. The summed E-state index contributed by atoms with van der Waals surface area (Å²) in [5, 5.41) is 8.71. The average molecular weight is 287 g/mol. The van der Waals surface area contributed by atoms with Crippen LogP contribution in [0, 0.1) is 0 Å². The molecule has 0 spiro atoms. The molecule has 86 valence electrons. The first kappa shape index (κ1) is 12.7. The molecule has 1 atom stereocenters. The highest BCUT2D eigenvalue weighted by Gasteiger charge is 2.16. The second-order valence-electron chi connectivity index (χ2n) is 3.29. The number of halogens is 1. The summed E-state index contributed by atoms with van der Waals surface area (Å²) in [4.78, 5) is 22.0. The van der Waals surface area contributed by atoms with Crippen molar-refractivity contribution in [2.24, 2.45) is 0 Å². The van der Waals surface area contributed by atoms with Gasteiger partial charge in [-0.05, 0) is 32.0 Å². The first-order chi connectivity index (χ1) is 7.41. The minimum absolute atomic E-state index is 0.172. The van der Waals surface area contributed by atoms with E-state index < -0.39 is 12.1 Å². The van der Waals surface area contributed by atoms with Crippen molar-refractivity contribution < 1.29 is 19.4 Å². The van der Waals surface area contributed by atoms with Crippen LogP contribution in [0.25, 0.3) is 0 Å². The van der Waals surface area contributed by atoms with Crippen LogP contribution in [0.3, 0.4) is 0 Å². The molecule has 0 heterocycles. The zero-order valence-electron chi connectivity index (χ0n) is 8.86. The van der Waals surface area contributed by atoms with Gasteiger partial charge in [-0.1, -0.05) is 15.9 Å². The van der Waals surface area contributed by atoms with E-state index in [1.165, 1.54) is 13.8 Å². The van der Waals surface area contributed by atoms with Gasteiger partial charge in [-0.25, -0.2) is 4.79 Å². The number of hydrogen-bond donors (Lipinski definition) is 1. The van der Waals surface area contributed by atoms with E-state index in [0.29, 0.717) is 5.56 Å². The van der Waals surface area contributed by atoms with Gasteiger partial charge >= 0.3 is 5.97 Å². The zero-order chi connectivity index (χ0) is 12.3. The van der Waals surface area contributed by atoms with Crippen LogP contribution >= 0.6 is 15.9 Å². The van der Waals surface area contributed by atoms with Crippen molar-refractivity contribution in [2.45, 2.75) is 20.0 Å². The molecule has 1 unspecified atom stereocenters. The standard InChI is InChI=1S/C11H11BrO4/c1-6(13)9-5-8(12)3-4-10(9)16-7(2)11(14)15/h3-5,7H,1-2H3,(H,14,15). The van der Waals surface area contributed by atoms with Crippen LogP contribution < -0.4 is 4.74 Å². The molecule has 0 saturated carbocycles. The van der Waals surface area contributed by atoms with Gasteiger partial charge in [0.15, 0.2) is 11.9 Å². The molecule has 0 aliphatic heterocycles. The Morgan fingerprint density at radius 2 is 2.06 bits per heavy atom. The van der Waals surface area contributed by atoms with Crippen LogP contribution in [0.15, 0.2) is 22.7 Å². The number of hydrogen-bond acceptors (Lipinski definition) is 3. The van der Waals surface area contributed by atoms with Crippen molar-refractivity contribution in [1.82, 2.24) is 0 Å². The summed E-state index contributed by atoms with van der Waals surface area (Å²) in [6.07, 6.45) is -0.987. The molecule has 0 fully saturated rings. The molecule has 1 aromatic rings. The molecule has 1 N–H and O–H groups in total. The zero-order valence-corrected chi connectivity index (χ0v) is 10.4. The normalized spacial score (nSPS) is 11.9. The molecule has 0 amide bonds. The van der Waals surface area contributed by atoms with E-state index in [0.717, 1.165) is 4.47 Å². The molecular weight excluding hydrogens is 276 g/mol. The molecule has 5 heteroatoms. The molecular formula is C11H11BrO4. The minimum atomic E-state index is -1.07. The maximum absolute atomic E-state index is 11.3. The Bertz CT molecular complexity index is 428. The summed E-state index contributed by atoms with van der Waals surface area (Å²) >= 11 is 3.24. The number of ether oxygens (including phenoxy) is 1. The Morgan fingerprint density at radius 1 is 1.44 bits per heavy atom. The molecule has 16 heavy (non-hydrogen) atoms. The Balaban J connectivity index is 3.04. The fourth-order valence-corrected chi connectivity index (χ4v) is 1.48. The van der Waals surface area contributed by atoms with Crippen LogP contribution in [0.4, 0.5) is 0 Å². The van der Waals surface area contributed by atoms with Crippen LogP contribution in [0.1, 0.15) is 24.2 Å². The van der Waals surface area contributed by atoms with Crippen molar-refractivity contribution in [1.29, 1.82) is 0 Å². The highest BCUT2D eigenvalue weighted by molar-refractivity contribution is 9.10. The molecule has 1 aromatic carbocycles. The van der Waals surface area contributed by atoms with Crippen molar-refractivity contribution in [3.05, 3.63) is 28.2 Å². The van der Waals surface area contributed by atoms with Crippen LogP contribution in [-0.4, -0.2) is 23.0 Å². The lowest BCUT2D eigenvalue weighted by atomic mass is 10.1. The van der Waals surface area contributed by atoms with E-state index in [1.807, 2.05) is 0 Å². The summed E-state index contributed by atoms with van der Waals surface area (Å²) in [5.74, 6) is -0.961. The van der Waals surface area contributed by atoms with Crippen LogP contribution in [0.5, 0.6) is 5.75 Å². The first-order valence-electron chi connectivity index (χ1n) is 4.61. The third kappa shape index (κ3) is 3.06. The third-order valence-electron chi connectivity index (χ3n) is 1.97. The molecule has 0 bridgehead atoms. The van der Waals surface area contributed by atoms with Crippen LogP contribution in [0.2, 0.25) is 0 Å². The maximum atomic E-state index is 11.3. The van der Waals surface area contributed by atoms with E-state index in [4.69, 9.17) is 9.84 Å². The van der Waals surface area contributed by atoms with Crippen molar-refractivity contribution in [3.63, 3.8) is 0 Å². The summed E-state index contributed by atoms with van der Waals surface area (Å²) in [6.45, 7) is 2.81. The average Bonchev–Trinajstić information content (AvgIpc) is 2.20. The topological polar surface area (TPSA) is 63.6 Å². The Kier molecular flexibility index (Phi) is 4.06. The fraction of sp³-hybridized carbons (Fsp3) is 0.273. The number of ketones is 1. The van der Waals surface area contributed by atoms with E-state index in [-0.39, 0.29) is 11.5 Å². The predicted octanol–water partition coefficient (Wildman–Crippen LogP) is 2.50. The van der Waals surface area contributed by atoms with Gasteiger partial charge in [-0.2, -0.15) is 0 Å². The van der Waals surface area contributed by atoms with E-state index in [1.54, 1.807) is 18.2 Å². The van der Waals surface area contributed by atoms with Crippen molar-refractivity contribution >= 4 is 27.7 Å². The van der Waals surface area contributed by atoms with Gasteiger partial charge in [-0.15, -0.1) is 0 Å². The lowest BCUT2D eigenvalue weighted by molar-refractivity contribution is -0.144. The highest BCUT2D eigenvalue weighted by Crippen LogP contribution is 2.24. The largest absolute Gasteiger partial charge is 0.479 e. The molecule has 1 rings (SSSR count). The number of carboxylic acids is 1. The lowest BCUT2D eigenvalue weighted by Gasteiger charge is -2.13. The van der Waals surface area contributed by atoms with Gasteiger partial charge in [0.2, 0.25) is 0 Å². The van der Waals surface area contributed by atoms with Gasteiger partial charge < -0.3 is 9.84 Å². The predicted molar refractivity (Wildman–Crippen MR) is 61.9 cm³/mol. The monoisotopic (exact) mass is 286 g/mol. The van der Waals surface area contributed by atoms with Gasteiger partial charge in [0.1, 0.15) is 5.75 Å². The third-order valence-corrected chi connectivity index (χ3v) is 2.47. The Morgan fingerprint density at radius 3 is 2.56 bits per heavy atom. The van der Waals surface area contributed by atoms with Crippen LogP contribution in [-0.2, 0) is 4.79 Å². The number of aliphatic carboxylic acids is 1. The number of Topliss-reactive ketones (excluding diaryl/α,β-unsaturated/α-hetero) is 1. The molecule has 0 aromatic heterocycles. The molecule has 4 nitrogen and oxygen atoms in total. The van der Waals surface area contributed by atoms with Gasteiger partial charge in [0.25, 0.3) is 0 Å². The fourth-order valence-electron chi connectivity index (χ4n) is 1.12. The summed E-state index contributed by atoms with van der Waals surface area (Å²) in [6, 6.07) is 4.86. The van der Waals surface area contributed by atoms with Gasteiger partial charge in [0.05, 0.1) is 5.56 Å². The highest BCUT2D eigenvalue weighted by atomic mass is 79.9. The lowest BCUT2D eigenvalue weighted by Crippen LogP contribution is -2.23. The quantitative estimate of drug-likeness (QED) is 0.864. The Hall–Kier alpha value is -1.36. The molecule has 0 aliphatic carbocycles. The second-order valence-corrected chi connectivity index (χ2v) is 4.21. The van der Waals surface area contributed by atoms with Crippen molar-refractivity contribution in [3.8, 4) is 5.75 Å². The maximum Gasteiger partial charge on any atom is 0.344 e. The van der Waals surface area contributed by atoms with E-state index in [2.05, 4.69) is 15.9 Å². The van der Waals surface area contributed by atoms with Gasteiger partial charge in [-0.3, -0.25) is 4.79 Å². The van der Waals surface area contributed by atoms with E-state index in [9.17, 15) is 9.59 Å². The smallest absolute Gasteiger partial charge is 0.344 e. The van der Waals surface area contributed by atoms with Crippen molar-refractivity contribution in [2.75, 3.05) is 0 Å². The number of benzene rings is 1. The first-order valence-corrected chi connectivity index (χ1v) is 5.41. The SMILES string of the molecule is CC(=O)c1cc(Br)ccc1OC(C)C(=O)O. The minimum Gasteiger partial charge on any atom is -0.479 e. The number of rotatable bonds is 4. The number of carbonyl (C=O) groups is 2. The number of carbonyl (C=O) groups excluding carboxylic acids is 1. The molecule has 0 aliphatic rings.